The van der Waals surface area contributed by atoms with Crippen LogP contribution in [0.15, 0.2) is 85.1 Å². The molecule has 0 aliphatic rings. The number of benzene rings is 3. The van der Waals surface area contributed by atoms with Crippen molar-refractivity contribution < 1.29 is 26.4 Å². The van der Waals surface area contributed by atoms with Gasteiger partial charge in [-0.1, -0.05) is 59.6 Å². The van der Waals surface area contributed by atoms with Crippen LogP contribution in [-0.2, 0) is 34.0 Å². The molecule has 0 atom stereocenters. The van der Waals surface area contributed by atoms with Crippen LogP contribution in [0, 0.1) is 0 Å². The van der Waals surface area contributed by atoms with Gasteiger partial charge in [0.25, 0.3) is 0 Å². The first-order valence-corrected chi connectivity index (χ1v) is 14.3. The van der Waals surface area contributed by atoms with Gasteiger partial charge in [-0.25, -0.2) is 12.7 Å². The third-order valence-electron chi connectivity index (χ3n) is 5.97. The first-order chi connectivity index (χ1) is 18.9. The average molecular weight is 608 g/mol. The molecule has 0 aliphatic heterocycles. The second-order valence-corrected chi connectivity index (χ2v) is 11.5. The van der Waals surface area contributed by atoms with Crippen LogP contribution in [0.5, 0.6) is 0 Å². The van der Waals surface area contributed by atoms with Crippen LogP contribution in [0.1, 0.15) is 22.4 Å². The van der Waals surface area contributed by atoms with Crippen molar-refractivity contribution in [2.24, 2.45) is 0 Å². The summed E-state index contributed by atoms with van der Waals surface area (Å²) in [5.74, 6) is 0. The molecule has 208 valence electrons. The summed E-state index contributed by atoms with van der Waals surface area (Å²) in [6.07, 6.45) is -1.57. The van der Waals surface area contributed by atoms with Crippen molar-refractivity contribution in [3.63, 3.8) is 0 Å². The number of halogens is 5. The average Bonchev–Trinajstić information content (AvgIpc) is 2.90. The highest BCUT2D eigenvalue weighted by atomic mass is 35.5. The van der Waals surface area contributed by atoms with Crippen LogP contribution >= 0.6 is 23.2 Å². The number of hydrogen-bond donors (Lipinski definition) is 0. The molecule has 0 saturated carbocycles. The number of anilines is 3. The van der Waals surface area contributed by atoms with E-state index in [0.29, 0.717) is 51.1 Å². The second kappa shape index (κ2) is 11.9. The van der Waals surface area contributed by atoms with Gasteiger partial charge in [0.15, 0.2) is 0 Å². The Hall–Kier alpha value is -3.60. The number of hydrogen-bond acceptors (Lipinski definition) is 4. The van der Waals surface area contributed by atoms with E-state index in [9.17, 15) is 26.4 Å². The number of nitrogens with zero attached hydrogens (tertiary/aromatic N) is 3. The molecule has 0 fully saturated rings. The summed E-state index contributed by atoms with van der Waals surface area (Å²) in [7, 11) is -3.82. The van der Waals surface area contributed by atoms with E-state index in [-0.39, 0.29) is 6.54 Å². The summed E-state index contributed by atoms with van der Waals surface area (Å²) < 4.78 is 65.6. The lowest BCUT2D eigenvalue weighted by Gasteiger charge is -2.26. The zero-order chi connectivity index (χ0) is 29.1. The molecule has 0 radical (unpaired) electrons. The molecule has 0 bridgehead atoms. The molecule has 0 spiro atoms. The molecule has 40 heavy (non-hydrogen) atoms. The van der Waals surface area contributed by atoms with Crippen LogP contribution in [0.2, 0.25) is 10.0 Å². The lowest BCUT2D eigenvalue weighted by Crippen LogP contribution is -2.26. The van der Waals surface area contributed by atoms with E-state index in [2.05, 4.69) is 4.98 Å². The number of amides is 1. The molecular formula is C28H22Cl2F3N3O3S. The minimum absolute atomic E-state index is 0.0347. The minimum atomic E-state index is -4.57. The second-order valence-electron chi connectivity index (χ2n) is 8.84. The van der Waals surface area contributed by atoms with Gasteiger partial charge in [-0.15, -0.1) is 0 Å². The fourth-order valence-electron chi connectivity index (χ4n) is 4.11. The van der Waals surface area contributed by atoms with Crippen LogP contribution in [0.25, 0.3) is 0 Å². The SMILES string of the molecule is CS(=O)(=O)N(c1ccc(N(C=O)Cc2ccc(C(F)(F)F)nc2)cc1)c1ccccc1Cc1cccc(Cl)c1Cl. The molecule has 1 aromatic heterocycles. The number of carbonyl (C=O) groups excluding carboxylic acids is 1. The molecule has 0 saturated heterocycles. The van der Waals surface area contributed by atoms with Gasteiger partial charge >= 0.3 is 6.18 Å². The first kappa shape index (κ1) is 29.4. The Bertz CT molecular complexity index is 1610. The molecule has 3 aromatic carbocycles. The van der Waals surface area contributed by atoms with Crippen LogP contribution < -0.4 is 9.21 Å². The highest BCUT2D eigenvalue weighted by molar-refractivity contribution is 7.92. The smallest absolute Gasteiger partial charge is 0.311 e. The number of aromatic nitrogens is 1. The third-order valence-corrected chi connectivity index (χ3v) is 7.89. The number of alkyl halides is 3. The van der Waals surface area contributed by atoms with Gasteiger partial charge in [-0.05, 0) is 59.2 Å². The maximum Gasteiger partial charge on any atom is 0.433 e. The molecule has 0 unspecified atom stereocenters. The van der Waals surface area contributed by atoms with Crippen molar-refractivity contribution in [1.29, 1.82) is 0 Å². The van der Waals surface area contributed by atoms with E-state index < -0.39 is 21.9 Å². The summed E-state index contributed by atoms with van der Waals surface area (Å²) in [6, 6.07) is 20.5. The zero-order valence-electron chi connectivity index (χ0n) is 20.9. The Morgan fingerprint density at radius 2 is 1.52 bits per heavy atom. The van der Waals surface area contributed by atoms with Gasteiger partial charge in [0, 0.05) is 18.3 Å². The number of para-hydroxylation sites is 1. The van der Waals surface area contributed by atoms with Crippen LogP contribution in [-0.4, -0.2) is 26.1 Å². The monoisotopic (exact) mass is 607 g/mol. The minimum Gasteiger partial charge on any atom is -0.311 e. The fraction of sp³-hybridized carbons (Fsp3) is 0.143. The number of pyridine rings is 1. The molecule has 4 rings (SSSR count). The van der Waals surface area contributed by atoms with Crippen molar-refractivity contribution in [3.8, 4) is 0 Å². The van der Waals surface area contributed by atoms with Gasteiger partial charge in [0.05, 0.1) is 34.2 Å². The van der Waals surface area contributed by atoms with E-state index in [4.69, 9.17) is 23.2 Å². The zero-order valence-corrected chi connectivity index (χ0v) is 23.3. The molecule has 1 amide bonds. The van der Waals surface area contributed by atoms with E-state index in [0.717, 1.165) is 24.1 Å². The maximum atomic E-state index is 13.0. The van der Waals surface area contributed by atoms with E-state index >= 15 is 0 Å². The molecule has 4 aromatic rings. The lowest BCUT2D eigenvalue weighted by atomic mass is 10.0. The molecule has 1 heterocycles. The van der Waals surface area contributed by atoms with E-state index in [1.165, 1.54) is 15.3 Å². The molecule has 6 nitrogen and oxygen atoms in total. The highest BCUT2D eigenvalue weighted by Crippen LogP contribution is 2.36. The van der Waals surface area contributed by atoms with Gasteiger partial charge < -0.3 is 4.90 Å². The van der Waals surface area contributed by atoms with Gasteiger partial charge in [0.2, 0.25) is 16.4 Å². The van der Waals surface area contributed by atoms with E-state index in [1.54, 1.807) is 60.7 Å². The largest absolute Gasteiger partial charge is 0.433 e. The summed E-state index contributed by atoms with van der Waals surface area (Å²) in [6.45, 7) is -0.0347. The molecule has 0 aliphatic carbocycles. The van der Waals surface area contributed by atoms with Crippen molar-refractivity contribution in [1.82, 2.24) is 4.98 Å². The van der Waals surface area contributed by atoms with Gasteiger partial charge in [-0.3, -0.25) is 9.78 Å². The Kier molecular flexibility index (Phi) is 8.72. The van der Waals surface area contributed by atoms with Gasteiger partial charge in [0.1, 0.15) is 5.69 Å². The Balaban J connectivity index is 1.64. The third kappa shape index (κ3) is 6.75. The summed E-state index contributed by atoms with van der Waals surface area (Å²) in [4.78, 5) is 16.5. The van der Waals surface area contributed by atoms with Crippen LogP contribution in [0.3, 0.4) is 0 Å². The molecular weight excluding hydrogens is 586 g/mol. The predicted molar refractivity (Wildman–Crippen MR) is 151 cm³/mol. The fourth-order valence-corrected chi connectivity index (χ4v) is 5.54. The summed E-state index contributed by atoms with van der Waals surface area (Å²) in [5, 5.41) is 0.769. The Morgan fingerprint density at radius 1 is 0.875 bits per heavy atom. The predicted octanol–water partition coefficient (Wildman–Crippen LogP) is 7.26. The number of rotatable bonds is 9. The number of sulfonamides is 1. The van der Waals surface area contributed by atoms with Crippen molar-refractivity contribution in [2.45, 2.75) is 19.1 Å². The normalized spacial score (nSPS) is 11.8. The standard InChI is InChI=1S/C28H22Cl2F3N3O3S/c1-40(38,39)36(25-8-3-2-5-20(25)15-21-6-4-7-24(29)27(21)30)23-12-10-22(11-13-23)35(18-37)17-19-9-14-26(34-16-19)28(31,32)33/h2-14,16,18H,15,17H2,1H3. The number of carbonyl (C=O) groups is 1. The lowest BCUT2D eigenvalue weighted by molar-refractivity contribution is -0.141. The van der Waals surface area contributed by atoms with Crippen molar-refractivity contribution in [3.05, 3.63) is 117 Å². The Labute approximate surface area is 239 Å². The highest BCUT2D eigenvalue weighted by Gasteiger charge is 2.32. The molecule has 12 heteroatoms. The van der Waals surface area contributed by atoms with Crippen LogP contribution in [0.4, 0.5) is 30.2 Å². The summed E-state index contributed by atoms with van der Waals surface area (Å²) in [5.41, 5.74) is 1.91. The quantitative estimate of drug-likeness (QED) is 0.188. The Morgan fingerprint density at radius 3 is 2.12 bits per heavy atom. The first-order valence-electron chi connectivity index (χ1n) is 11.7. The summed E-state index contributed by atoms with van der Waals surface area (Å²) >= 11 is 12.5. The van der Waals surface area contributed by atoms with E-state index in [1.807, 2.05) is 6.07 Å². The molecule has 0 N–H and O–H groups in total. The van der Waals surface area contributed by atoms with Gasteiger partial charge in [-0.2, -0.15) is 13.2 Å². The van der Waals surface area contributed by atoms with Crippen molar-refractivity contribution >= 4 is 56.7 Å². The topological polar surface area (TPSA) is 70.6 Å². The van der Waals surface area contributed by atoms with Crippen molar-refractivity contribution in [2.75, 3.05) is 15.5 Å². The maximum absolute atomic E-state index is 13.0.